The van der Waals surface area contributed by atoms with Crippen LogP contribution in [0.3, 0.4) is 0 Å². The molecule has 0 aliphatic carbocycles. The first-order valence-corrected chi connectivity index (χ1v) is 13.9. The van der Waals surface area contributed by atoms with Crippen LogP contribution in [-0.4, -0.2) is 41.8 Å². The maximum Gasteiger partial charge on any atom is 0.417 e. The maximum atomic E-state index is 14.4. The highest BCUT2D eigenvalue weighted by atomic mass is 19.4. The summed E-state index contributed by atoms with van der Waals surface area (Å²) in [5.41, 5.74) is 3.12. The number of carboxylic acids is 1. The van der Waals surface area contributed by atoms with Crippen LogP contribution in [0.5, 0.6) is 5.75 Å². The molecule has 1 saturated heterocycles. The number of hydrogen-bond acceptors (Lipinski definition) is 3. The number of carbonyl (C=O) groups is 1. The van der Waals surface area contributed by atoms with E-state index in [4.69, 9.17) is 4.74 Å². The smallest absolute Gasteiger partial charge is 0.417 e. The molecule has 3 aromatic carbocycles. The minimum atomic E-state index is -4.64. The fraction of sp³-hybridized carbons (Fsp3) is 0.364. The maximum absolute atomic E-state index is 14.4. The van der Waals surface area contributed by atoms with Crippen LogP contribution in [-0.2, 0) is 17.5 Å². The van der Waals surface area contributed by atoms with Gasteiger partial charge in [-0.2, -0.15) is 13.2 Å². The SMILES string of the molecule is Cc1c(/C=C/c2cc(OCCCCF)c(CN3CCCCC3C(=O)O)cc2C(F)(F)F)cccc1-c1ccccc1. The van der Waals surface area contributed by atoms with E-state index < -0.39 is 30.4 Å². The molecular weight excluding hydrogens is 534 g/mol. The van der Waals surface area contributed by atoms with Gasteiger partial charge >= 0.3 is 12.1 Å². The van der Waals surface area contributed by atoms with Crippen molar-refractivity contribution in [2.75, 3.05) is 19.8 Å². The van der Waals surface area contributed by atoms with E-state index in [1.165, 1.54) is 12.1 Å². The minimum Gasteiger partial charge on any atom is -0.493 e. The molecule has 1 fully saturated rings. The minimum absolute atomic E-state index is 0.0146. The van der Waals surface area contributed by atoms with Gasteiger partial charge in [0.2, 0.25) is 0 Å². The van der Waals surface area contributed by atoms with Gasteiger partial charge in [0.15, 0.2) is 0 Å². The number of hydrogen-bond donors (Lipinski definition) is 1. The van der Waals surface area contributed by atoms with Crippen LogP contribution < -0.4 is 4.74 Å². The second-order valence-corrected chi connectivity index (χ2v) is 10.3. The molecule has 0 aromatic heterocycles. The van der Waals surface area contributed by atoms with Gasteiger partial charge in [0, 0.05) is 12.1 Å². The van der Waals surface area contributed by atoms with Crippen LogP contribution >= 0.6 is 0 Å². The number of benzene rings is 3. The topological polar surface area (TPSA) is 49.8 Å². The van der Waals surface area contributed by atoms with Crippen molar-refractivity contribution in [1.29, 1.82) is 0 Å². The zero-order chi connectivity index (χ0) is 29.4. The van der Waals surface area contributed by atoms with Gasteiger partial charge in [-0.05, 0) is 79.1 Å². The van der Waals surface area contributed by atoms with Crippen LogP contribution in [0.1, 0.15) is 59.9 Å². The molecule has 218 valence electrons. The molecule has 0 bridgehead atoms. The summed E-state index contributed by atoms with van der Waals surface area (Å²) in [4.78, 5) is 13.5. The molecule has 8 heteroatoms. The third-order valence-electron chi connectivity index (χ3n) is 7.50. The molecule has 3 aromatic rings. The zero-order valence-corrected chi connectivity index (χ0v) is 23.1. The van der Waals surface area contributed by atoms with Crippen LogP contribution in [0.25, 0.3) is 23.3 Å². The summed E-state index contributed by atoms with van der Waals surface area (Å²) in [5.74, 6) is -0.736. The Kier molecular flexibility index (Phi) is 10.2. The first kappa shape index (κ1) is 30.3. The van der Waals surface area contributed by atoms with Gasteiger partial charge in [-0.15, -0.1) is 0 Å². The second kappa shape index (κ2) is 13.8. The second-order valence-electron chi connectivity index (χ2n) is 10.3. The molecule has 1 aliphatic heterocycles. The molecule has 1 heterocycles. The lowest BCUT2D eigenvalue weighted by molar-refractivity contribution is -0.145. The van der Waals surface area contributed by atoms with E-state index in [0.717, 1.165) is 41.2 Å². The third kappa shape index (κ3) is 7.76. The number of nitrogens with zero attached hydrogens (tertiary/aromatic N) is 1. The number of likely N-dealkylation sites (tertiary alicyclic amines) is 1. The summed E-state index contributed by atoms with van der Waals surface area (Å²) in [6.07, 6.45) is 1.13. The number of aliphatic carboxylic acids is 1. The number of rotatable bonds is 11. The van der Waals surface area contributed by atoms with Crippen molar-refractivity contribution in [2.45, 2.75) is 57.8 Å². The predicted octanol–water partition coefficient (Wildman–Crippen LogP) is 8.42. The van der Waals surface area contributed by atoms with E-state index in [2.05, 4.69) is 0 Å². The molecule has 0 spiro atoms. The van der Waals surface area contributed by atoms with Crippen LogP contribution in [0, 0.1) is 6.92 Å². The Balaban J connectivity index is 1.73. The number of piperidine rings is 1. The Morgan fingerprint density at radius 2 is 1.78 bits per heavy atom. The first-order valence-electron chi connectivity index (χ1n) is 13.9. The van der Waals surface area contributed by atoms with Crippen molar-refractivity contribution in [2.24, 2.45) is 0 Å². The van der Waals surface area contributed by atoms with Gasteiger partial charge < -0.3 is 9.84 Å². The van der Waals surface area contributed by atoms with Crippen molar-refractivity contribution in [3.63, 3.8) is 0 Å². The molecule has 1 aliphatic rings. The zero-order valence-electron chi connectivity index (χ0n) is 23.1. The highest BCUT2D eigenvalue weighted by molar-refractivity contribution is 5.78. The Labute approximate surface area is 238 Å². The summed E-state index contributed by atoms with van der Waals surface area (Å²) in [6, 6.07) is 17.2. The number of unbranched alkanes of at least 4 members (excludes halogenated alkanes) is 1. The van der Waals surface area contributed by atoms with Crippen LogP contribution in [0.15, 0.2) is 60.7 Å². The molecule has 1 atom stereocenters. The molecule has 0 amide bonds. The van der Waals surface area contributed by atoms with Gasteiger partial charge in [0.05, 0.1) is 18.8 Å². The quantitative estimate of drug-likeness (QED) is 0.143. The van der Waals surface area contributed by atoms with E-state index in [-0.39, 0.29) is 36.4 Å². The van der Waals surface area contributed by atoms with Crippen molar-refractivity contribution in [1.82, 2.24) is 4.90 Å². The van der Waals surface area contributed by atoms with E-state index in [1.807, 2.05) is 55.5 Å². The molecule has 4 rings (SSSR count). The van der Waals surface area contributed by atoms with Crippen molar-refractivity contribution in [3.8, 4) is 16.9 Å². The monoisotopic (exact) mass is 569 g/mol. The lowest BCUT2D eigenvalue weighted by Crippen LogP contribution is -2.44. The van der Waals surface area contributed by atoms with Crippen LogP contribution in [0.2, 0.25) is 0 Å². The largest absolute Gasteiger partial charge is 0.493 e. The molecule has 0 saturated carbocycles. The summed E-state index contributed by atoms with van der Waals surface area (Å²) >= 11 is 0. The summed E-state index contributed by atoms with van der Waals surface area (Å²) in [7, 11) is 0. The molecule has 1 unspecified atom stereocenters. The van der Waals surface area contributed by atoms with E-state index in [0.29, 0.717) is 19.4 Å². The van der Waals surface area contributed by atoms with Gasteiger partial charge in [0.1, 0.15) is 11.8 Å². The van der Waals surface area contributed by atoms with Crippen molar-refractivity contribution < 1.29 is 32.2 Å². The lowest BCUT2D eigenvalue weighted by atomic mass is 9.95. The lowest BCUT2D eigenvalue weighted by Gasteiger charge is -2.33. The van der Waals surface area contributed by atoms with Gasteiger partial charge in [-0.25, -0.2) is 0 Å². The Morgan fingerprint density at radius 3 is 2.49 bits per heavy atom. The fourth-order valence-electron chi connectivity index (χ4n) is 5.28. The Hall–Kier alpha value is -3.65. The summed E-state index contributed by atoms with van der Waals surface area (Å²) in [5, 5.41) is 9.68. The number of ether oxygens (including phenoxy) is 1. The average Bonchev–Trinajstić information content (AvgIpc) is 2.95. The summed E-state index contributed by atoms with van der Waals surface area (Å²) < 4.78 is 61.6. The Bertz CT molecular complexity index is 1350. The third-order valence-corrected chi connectivity index (χ3v) is 7.50. The first-order chi connectivity index (χ1) is 19.7. The highest BCUT2D eigenvalue weighted by Crippen LogP contribution is 2.38. The number of alkyl halides is 4. The number of carboxylic acid groups (broad SMARTS) is 1. The molecule has 1 N–H and O–H groups in total. The predicted molar refractivity (Wildman–Crippen MR) is 153 cm³/mol. The van der Waals surface area contributed by atoms with Crippen molar-refractivity contribution >= 4 is 18.1 Å². The van der Waals surface area contributed by atoms with Crippen LogP contribution in [0.4, 0.5) is 17.6 Å². The normalized spacial score (nSPS) is 16.3. The van der Waals surface area contributed by atoms with E-state index >= 15 is 0 Å². The fourth-order valence-corrected chi connectivity index (χ4v) is 5.28. The molecule has 0 radical (unpaired) electrons. The van der Waals surface area contributed by atoms with E-state index in [1.54, 1.807) is 11.0 Å². The van der Waals surface area contributed by atoms with Crippen molar-refractivity contribution in [3.05, 3.63) is 88.5 Å². The molecule has 4 nitrogen and oxygen atoms in total. The number of halogens is 4. The Morgan fingerprint density at radius 1 is 1.02 bits per heavy atom. The van der Waals surface area contributed by atoms with Gasteiger partial charge in [-0.3, -0.25) is 14.1 Å². The van der Waals surface area contributed by atoms with Gasteiger partial charge in [0.25, 0.3) is 0 Å². The van der Waals surface area contributed by atoms with E-state index in [9.17, 15) is 27.5 Å². The van der Waals surface area contributed by atoms with Gasteiger partial charge in [-0.1, -0.05) is 67.1 Å². The highest BCUT2D eigenvalue weighted by Gasteiger charge is 2.35. The standard InChI is InChI=1S/C33H35F4NO3/c1-23-24(12-9-13-28(23)25-10-3-2-4-11-25)15-16-26-21-31(41-19-8-6-17-34)27(20-29(26)33(35,36)37)22-38-18-7-5-14-30(38)32(39)40/h2-4,9-13,15-16,20-21,30H,5-8,14,17-19,22H2,1H3,(H,39,40)/b16-15+. The molecular formula is C33H35F4NO3. The average molecular weight is 570 g/mol. The molecule has 41 heavy (non-hydrogen) atoms. The summed E-state index contributed by atoms with van der Waals surface area (Å²) in [6.45, 7) is 2.06.